The van der Waals surface area contributed by atoms with Gasteiger partial charge < -0.3 is 19.7 Å². The third kappa shape index (κ3) is 4.99. The first-order valence-electron chi connectivity index (χ1n) is 10.9. The van der Waals surface area contributed by atoms with Crippen LogP contribution in [0.3, 0.4) is 0 Å². The van der Waals surface area contributed by atoms with Crippen LogP contribution >= 0.6 is 11.3 Å². The number of thiazole rings is 1. The third-order valence-electron chi connectivity index (χ3n) is 5.66. The minimum Gasteiger partial charge on any atom is -0.485 e. The van der Waals surface area contributed by atoms with Gasteiger partial charge in [0.25, 0.3) is 5.91 Å². The van der Waals surface area contributed by atoms with Gasteiger partial charge in [0.1, 0.15) is 6.61 Å². The lowest BCUT2D eigenvalue weighted by Gasteiger charge is -2.36. The van der Waals surface area contributed by atoms with Crippen LogP contribution in [0.1, 0.15) is 0 Å². The molecule has 33 heavy (non-hydrogen) atoms. The van der Waals surface area contributed by atoms with Crippen molar-refractivity contribution in [3.8, 4) is 22.8 Å². The second kappa shape index (κ2) is 9.60. The van der Waals surface area contributed by atoms with E-state index >= 15 is 0 Å². The van der Waals surface area contributed by atoms with Gasteiger partial charge in [0.15, 0.2) is 16.6 Å². The number of nitrogens with zero attached hydrogens (tertiary/aromatic N) is 3. The van der Waals surface area contributed by atoms with Crippen molar-refractivity contribution in [3.05, 3.63) is 60.0 Å². The number of anilines is 1. The topological polar surface area (TPSA) is 84.0 Å². The van der Waals surface area contributed by atoms with Gasteiger partial charge in [-0.3, -0.25) is 14.5 Å². The Morgan fingerprint density at radius 3 is 2.52 bits per heavy atom. The fourth-order valence-electron chi connectivity index (χ4n) is 3.91. The molecular weight excluding hydrogens is 440 g/mol. The number of hydrogen-bond donors (Lipinski definition) is 1. The summed E-state index contributed by atoms with van der Waals surface area (Å²) in [5.74, 6) is 1.07. The number of ether oxygens (including phenoxy) is 2. The summed E-state index contributed by atoms with van der Waals surface area (Å²) in [4.78, 5) is 33.7. The molecule has 0 saturated carbocycles. The normalized spacial score (nSPS) is 18.1. The molecule has 9 heteroatoms. The Balaban J connectivity index is 1.09. The lowest BCUT2D eigenvalue weighted by Crippen LogP contribution is -2.54. The van der Waals surface area contributed by atoms with Crippen molar-refractivity contribution < 1.29 is 19.1 Å². The number of piperazine rings is 1. The van der Waals surface area contributed by atoms with Crippen molar-refractivity contribution in [1.82, 2.24) is 14.8 Å². The molecule has 0 bridgehead atoms. The number of aromatic nitrogens is 1. The van der Waals surface area contributed by atoms with Crippen molar-refractivity contribution in [2.24, 2.45) is 0 Å². The standard InChI is InChI=1S/C24H24N4O4S/c29-22(26-24-25-18(16-33-24)17-6-2-1-3-7-17)14-27-10-12-28(13-11-27)23(30)21-15-31-19-8-4-5-9-20(19)32-21/h1-9,16,21H,10-15H2,(H,25,26,29). The largest absolute Gasteiger partial charge is 0.485 e. The van der Waals surface area contributed by atoms with Crippen LogP contribution < -0.4 is 14.8 Å². The van der Waals surface area contributed by atoms with E-state index in [1.165, 1.54) is 11.3 Å². The van der Waals surface area contributed by atoms with Crippen LogP contribution in [-0.4, -0.2) is 72.0 Å². The summed E-state index contributed by atoms with van der Waals surface area (Å²) < 4.78 is 11.5. The van der Waals surface area contributed by atoms with Crippen LogP contribution in [0.5, 0.6) is 11.5 Å². The summed E-state index contributed by atoms with van der Waals surface area (Å²) >= 11 is 1.41. The van der Waals surface area contributed by atoms with Crippen LogP contribution in [0.2, 0.25) is 0 Å². The summed E-state index contributed by atoms with van der Waals surface area (Å²) in [5.41, 5.74) is 1.87. The van der Waals surface area contributed by atoms with E-state index in [1.807, 2.05) is 58.8 Å². The summed E-state index contributed by atoms with van der Waals surface area (Å²) in [6, 6.07) is 17.2. The van der Waals surface area contributed by atoms with E-state index < -0.39 is 6.10 Å². The van der Waals surface area contributed by atoms with Crippen molar-refractivity contribution in [1.29, 1.82) is 0 Å². The van der Waals surface area contributed by atoms with Gasteiger partial charge in [-0.25, -0.2) is 4.98 Å². The molecule has 1 aromatic heterocycles. The Hall–Kier alpha value is -3.43. The van der Waals surface area contributed by atoms with Gasteiger partial charge in [-0.1, -0.05) is 42.5 Å². The van der Waals surface area contributed by atoms with E-state index in [0.717, 1.165) is 11.3 Å². The Bertz CT molecular complexity index is 1130. The first-order valence-corrected chi connectivity index (χ1v) is 11.7. The molecule has 170 valence electrons. The smallest absolute Gasteiger partial charge is 0.267 e. The lowest BCUT2D eigenvalue weighted by atomic mass is 10.2. The Labute approximate surface area is 195 Å². The fraction of sp³-hybridized carbons (Fsp3) is 0.292. The predicted octanol–water partition coefficient (Wildman–Crippen LogP) is 2.73. The minimum atomic E-state index is -0.640. The van der Waals surface area contributed by atoms with Crippen LogP contribution in [-0.2, 0) is 9.59 Å². The maximum atomic E-state index is 12.9. The van der Waals surface area contributed by atoms with Crippen molar-refractivity contribution in [3.63, 3.8) is 0 Å². The molecule has 2 aliphatic rings. The second-order valence-corrected chi connectivity index (χ2v) is 8.78. The molecule has 0 radical (unpaired) electrons. The number of fused-ring (bicyclic) bond motifs is 1. The van der Waals surface area contributed by atoms with E-state index in [-0.39, 0.29) is 25.0 Å². The second-order valence-electron chi connectivity index (χ2n) is 7.92. The van der Waals surface area contributed by atoms with E-state index in [4.69, 9.17) is 9.47 Å². The zero-order chi connectivity index (χ0) is 22.6. The summed E-state index contributed by atoms with van der Waals surface area (Å²) in [6.45, 7) is 2.80. The van der Waals surface area contributed by atoms with Crippen LogP contribution in [0, 0.1) is 0 Å². The molecule has 5 rings (SSSR count). The molecule has 2 aliphatic heterocycles. The minimum absolute atomic E-state index is 0.0789. The van der Waals surface area contributed by atoms with Crippen molar-refractivity contribution >= 4 is 28.3 Å². The lowest BCUT2D eigenvalue weighted by molar-refractivity contribution is -0.143. The number of carbonyl (C=O) groups excluding carboxylic acids is 2. The average Bonchev–Trinajstić information content (AvgIpc) is 3.32. The highest BCUT2D eigenvalue weighted by atomic mass is 32.1. The van der Waals surface area contributed by atoms with Crippen LogP contribution in [0.25, 0.3) is 11.3 Å². The van der Waals surface area contributed by atoms with E-state index in [1.54, 1.807) is 11.0 Å². The number of rotatable bonds is 5. The monoisotopic (exact) mass is 464 g/mol. The molecule has 1 fully saturated rings. The van der Waals surface area contributed by atoms with Crippen LogP contribution in [0.4, 0.5) is 5.13 Å². The number of amides is 2. The highest BCUT2D eigenvalue weighted by molar-refractivity contribution is 7.14. The first kappa shape index (κ1) is 21.4. The quantitative estimate of drug-likeness (QED) is 0.625. The summed E-state index contributed by atoms with van der Waals surface area (Å²) in [6.07, 6.45) is -0.640. The van der Waals surface area contributed by atoms with Gasteiger partial charge in [0, 0.05) is 37.1 Å². The molecule has 0 aliphatic carbocycles. The van der Waals surface area contributed by atoms with Gasteiger partial charge in [-0.15, -0.1) is 11.3 Å². The van der Waals surface area contributed by atoms with Crippen molar-refractivity contribution in [2.45, 2.75) is 6.10 Å². The summed E-state index contributed by atoms with van der Waals surface area (Å²) in [7, 11) is 0. The van der Waals surface area contributed by atoms with Gasteiger partial charge in [-0.05, 0) is 12.1 Å². The third-order valence-corrected chi connectivity index (χ3v) is 6.41. The molecule has 1 saturated heterocycles. The molecule has 8 nitrogen and oxygen atoms in total. The number of nitrogens with one attached hydrogen (secondary N) is 1. The Kier molecular flexibility index (Phi) is 6.23. The highest BCUT2D eigenvalue weighted by Gasteiger charge is 2.32. The number of benzene rings is 2. The van der Waals surface area contributed by atoms with Gasteiger partial charge in [-0.2, -0.15) is 0 Å². The SMILES string of the molecule is O=C(CN1CCN(C(=O)C2COc3ccccc3O2)CC1)Nc1nc(-c2ccccc2)cs1. The molecule has 1 unspecified atom stereocenters. The number of para-hydroxylation sites is 2. The predicted molar refractivity (Wildman–Crippen MR) is 126 cm³/mol. The zero-order valence-electron chi connectivity index (χ0n) is 18.0. The van der Waals surface area contributed by atoms with Gasteiger partial charge in [0.05, 0.1) is 12.2 Å². The molecule has 1 N–H and O–H groups in total. The molecule has 3 aromatic rings. The Morgan fingerprint density at radius 2 is 1.73 bits per heavy atom. The number of carbonyl (C=O) groups is 2. The molecule has 3 heterocycles. The molecule has 1 atom stereocenters. The average molecular weight is 465 g/mol. The Morgan fingerprint density at radius 1 is 1.00 bits per heavy atom. The molecule has 2 amide bonds. The van der Waals surface area contributed by atoms with E-state index in [2.05, 4.69) is 10.3 Å². The van der Waals surface area contributed by atoms with Crippen molar-refractivity contribution in [2.75, 3.05) is 44.6 Å². The van der Waals surface area contributed by atoms with E-state index in [0.29, 0.717) is 42.8 Å². The first-order chi connectivity index (χ1) is 16.2. The maximum absolute atomic E-state index is 12.9. The van der Waals surface area contributed by atoms with Crippen LogP contribution in [0.15, 0.2) is 60.0 Å². The molecule has 2 aromatic carbocycles. The van der Waals surface area contributed by atoms with Gasteiger partial charge >= 0.3 is 0 Å². The maximum Gasteiger partial charge on any atom is 0.267 e. The highest BCUT2D eigenvalue weighted by Crippen LogP contribution is 2.31. The zero-order valence-corrected chi connectivity index (χ0v) is 18.8. The fourth-order valence-corrected chi connectivity index (χ4v) is 4.64. The van der Waals surface area contributed by atoms with Gasteiger partial charge in [0.2, 0.25) is 12.0 Å². The number of hydrogen-bond acceptors (Lipinski definition) is 7. The molecule has 0 spiro atoms. The molecular formula is C24H24N4O4S. The van der Waals surface area contributed by atoms with E-state index in [9.17, 15) is 9.59 Å². The summed E-state index contributed by atoms with van der Waals surface area (Å²) in [5, 5.41) is 5.41.